The molecule has 4 rings (SSSR count). The van der Waals surface area contributed by atoms with Crippen molar-refractivity contribution < 1.29 is 14.0 Å². The lowest BCUT2D eigenvalue weighted by molar-refractivity contribution is -0.128. The van der Waals surface area contributed by atoms with Crippen LogP contribution in [0.25, 0.3) is 0 Å². The maximum Gasteiger partial charge on any atom is 0.257 e. The molecule has 9 heteroatoms. The minimum absolute atomic E-state index is 0. The van der Waals surface area contributed by atoms with Gasteiger partial charge in [0.25, 0.3) is 5.91 Å². The van der Waals surface area contributed by atoms with Gasteiger partial charge in [-0.25, -0.2) is 4.98 Å². The monoisotopic (exact) mass is 379 g/mol. The van der Waals surface area contributed by atoms with Gasteiger partial charge in [-0.15, -0.1) is 12.4 Å². The van der Waals surface area contributed by atoms with Crippen LogP contribution in [0.4, 0.5) is 0 Å². The highest BCUT2D eigenvalue weighted by molar-refractivity contribution is 5.94. The Morgan fingerprint density at radius 3 is 2.73 bits per heavy atom. The molecule has 2 aliphatic rings. The number of nitrogens with one attached hydrogen (secondary N) is 1. The fourth-order valence-corrected chi connectivity index (χ4v) is 4.11. The number of aromatic nitrogens is 3. The van der Waals surface area contributed by atoms with Gasteiger partial charge in [-0.1, -0.05) is 0 Å². The number of hydrogen-bond acceptors (Lipinski definition) is 5. The molecule has 2 aliphatic heterocycles. The third-order valence-electron chi connectivity index (χ3n) is 5.51. The van der Waals surface area contributed by atoms with E-state index in [0.717, 1.165) is 18.1 Å². The maximum absolute atomic E-state index is 12.7. The normalized spacial score (nSPS) is 24.9. The standard InChI is InChI=1S/C17H21N5O3.ClH/c1-11-18-16(20-19-11)17-4-5-21(15(24)13-3-6-25-9-13)7-14(17)8-22(10-17)12(2)23;/h3,6,9,14H,4-5,7-8,10H2,1-2H3,(H,18,19,20);1H/t14-,17-;/m1./s1. The third kappa shape index (κ3) is 2.88. The predicted octanol–water partition coefficient (Wildman–Crippen LogP) is 1.39. The number of rotatable bonds is 2. The number of furan rings is 1. The molecule has 2 fully saturated rings. The summed E-state index contributed by atoms with van der Waals surface area (Å²) in [5, 5.41) is 7.31. The number of nitrogens with zero attached hydrogens (tertiary/aromatic N) is 4. The van der Waals surface area contributed by atoms with E-state index in [-0.39, 0.29) is 35.6 Å². The van der Waals surface area contributed by atoms with Gasteiger partial charge in [0, 0.05) is 39.0 Å². The molecule has 0 aromatic carbocycles. The highest BCUT2D eigenvalue weighted by Gasteiger charge is 2.54. The summed E-state index contributed by atoms with van der Waals surface area (Å²) in [5.74, 6) is 1.66. The Balaban J connectivity index is 0.00000196. The summed E-state index contributed by atoms with van der Waals surface area (Å²) in [5.41, 5.74) is 0.270. The van der Waals surface area contributed by atoms with E-state index in [1.54, 1.807) is 13.0 Å². The van der Waals surface area contributed by atoms with Gasteiger partial charge in [0.15, 0.2) is 5.82 Å². The molecule has 1 N–H and O–H groups in total. The Morgan fingerprint density at radius 2 is 2.12 bits per heavy atom. The highest BCUT2D eigenvalue weighted by Crippen LogP contribution is 2.44. The number of hydrogen-bond donors (Lipinski definition) is 1. The molecule has 2 aromatic rings. The lowest BCUT2D eigenvalue weighted by Crippen LogP contribution is -2.51. The molecule has 2 saturated heterocycles. The van der Waals surface area contributed by atoms with Crippen molar-refractivity contribution in [3.05, 3.63) is 35.8 Å². The van der Waals surface area contributed by atoms with E-state index in [9.17, 15) is 9.59 Å². The number of amides is 2. The molecule has 0 bridgehead atoms. The zero-order valence-electron chi connectivity index (χ0n) is 14.8. The van der Waals surface area contributed by atoms with Gasteiger partial charge < -0.3 is 14.2 Å². The van der Waals surface area contributed by atoms with Crippen molar-refractivity contribution in [2.75, 3.05) is 26.2 Å². The maximum atomic E-state index is 12.7. The van der Waals surface area contributed by atoms with E-state index in [1.807, 2.05) is 16.7 Å². The van der Waals surface area contributed by atoms with Gasteiger partial charge in [-0.3, -0.25) is 14.7 Å². The second-order valence-electron chi connectivity index (χ2n) is 7.01. The smallest absolute Gasteiger partial charge is 0.257 e. The number of H-pyrrole nitrogens is 1. The minimum atomic E-state index is -0.288. The fourth-order valence-electron chi connectivity index (χ4n) is 4.11. The molecule has 0 aliphatic carbocycles. The van der Waals surface area contributed by atoms with Crippen LogP contribution in [0.2, 0.25) is 0 Å². The number of carbonyl (C=O) groups is 2. The molecule has 2 aromatic heterocycles. The number of aryl methyl sites for hydroxylation is 1. The number of halogens is 1. The summed E-state index contributed by atoms with van der Waals surface area (Å²) >= 11 is 0. The lowest BCUT2D eigenvalue weighted by atomic mass is 9.72. The van der Waals surface area contributed by atoms with E-state index in [2.05, 4.69) is 15.2 Å². The predicted molar refractivity (Wildman–Crippen MR) is 95.0 cm³/mol. The van der Waals surface area contributed by atoms with Gasteiger partial charge in [-0.2, -0.15) is 5.10 Å². The zero-order chi connectivity index (χ0) is 17.6. The Bertz CT molecular complexity index is 805. The molecular weight excluding hydrogens is 358 g/mol. The van der Waals surface area contributed by atoms with E-state index in [1.165, 1.54) is 12.5 Å². The number of aromatic amines is 1. The first-order valence-corrected chi connectivity index (χ1v) is 8.46. The average Bonchev–Trinajstić information content (AvgIpc) is 3.32. The van der Waals surface area contributed by atoms with Gasteiger partial charge in [0.2, 0.25) is 5.91 Å². The highest BCUT2D eigenvalue weighted by atomic mass is 35.5. The third-order valence-corrected chi connectivity index (χ3v) is 5.51. The summed E-state index contributed by atoms with van der Waals surface area (Å²) in [6.45, 7) is 5.89. The van der Waals surface area contributed by atoms with Crippen LogP contribution in [0.1, 0.15) is 35.4 Å². The zero-order valence-corrected chi connectivity index (χ0v) is 15.6. The second-order valence-corrected chi connectivity index (χ2v) is 7.01. The van der Waals surface area contributed by atoms with E-state index in [0.29, 0.717) is 31.7 Å². The largest absolute Gasteiger partial charge is 0.472 e. The second kappa shape index (κ2) is 6.75. The molecule has 0 spiro atoms. The molecule has 2 atom stereocenters. The van der Waals surface area contributed by atoms with Crippen LogP contribution >= 0.6 is 12.4 Å². The summed E-state index contributed by atoms with van der Waals surface area (Å²) in [4.78, 5) is 32.9. The summed E-state index contributed by atoms with van der Waals surface area (Å²) in [6.07, 6.45) is 3.71. The van der Waals surface area contributed by atoms with E-state index >= 15 is 0 Å². The van der Waals surface area contributed by atoms with Gasteiger partial charge in [0.05, 0.1) is 17.2 Å². The molecule has 4 heterocycles. The number of likely N-dealkylation sites (tertiary alicyclic amines) is 2. The number of fused-ring (bicyclic) bond motifs is 1. The first-order chi connectivity index (χ1) is 12.0. The Morgan fingerprint density at radius 1 is 1.35 bits per heavy atom. The molecule has 0 radical (unpaired) electrons. The van der Waals surface area contributed by atoms with Crippen molar-refractivity contribution in [1.29, 1.82) is 0 Å². The van der Waals surface area contributed by atoms with Crippen LogP contribution in [0.3, 0.4) is 0 Å². The summed E-state index contributed by atoms with van der Waals surface area (Å²) < 4.78 is 5.03. The topological polar surface area (TPSA) is 95.3 Å². The molecule has 2 amide bonds. The SMILES string of the molecule is CC(=O)N1C[C@H]2CN(C(=O)c3ccoc3)CC[C@@]2(c2n[nH]c(C)n2)C1.Cl. The van der Waals surface area contributed by atoms with Crippen LogP contribution in [0.15, 0.2) is 23.0 Å². The van der Waals surface area contributed by atoms with Crippen LogP contribution in [0.5, 0.6) is 0 Å². The van der Waals surface area contributed by atoms with Crippen LogP contribution in [-0.4, -0.2) is 63.0 Å². The molecule has 140 valence electrons. The van der Waals surface area contributed by atoms with Gasteiger partial charge >= 0.3 is 0 Å². The Kier molecular flexibility index (Phi) is 4.79. The fraction of sp³-hybridized carbons (Fsp3) is 0.529. The van der Waals surface area contributed by atoms with Crippen molar-refractivity contribution >= 4 is 24.2 Å². The van der Waals surface area contributed by atoms with Crippen LogP contribution in [0, 0.1) is 12.8 Å². The van der Waals surface area contributed by atoms with Crippen molar-refractivity contribution in [2.24, 2.45) is 5.92 Å². The van der Waals surface area contributed by atoms with Crippen molar-refractivity contribution in [2.45, 2.75) is 25.7 Å². The van der Waals surface area contributed by atoms with Gasteiger partial charge in [0.1, 0.15) is 12.1 Å². The number of carbonyl (C=O) groups excluding carboxylic acids is 2. The lowest BCUT2D eigenvalue weighted by Gasteiger charge is -2.41. The first kappa shape index (κ1) is 18.4. The number of piperidine rings is 1. The summed E-state index contributed by atoms with van der Waals surface area (Å²) in [6, 6.07) is 1.68. The van der Waals surface area contributed by atoms with Crippen molar-refractivity contribution in [1.82, 2.24) is 25.0 Å². The molecule has 8 nitrogen and oxygen atoms in total. The van der Waals surface area contributed by atoms with E-state index < -0.39 is 0 Å². The summed E-state index contributed by atoms with van der Waals surface area (Å²) in [7, 11) is 0. The average molecular weight is 380 g/mol. The van der Waals surface area contributed by atoms with Gasteiger partial charge in [-0.05, 0) is 19.4 Å². The van der Waals surface area contributed by atoms with Crippen molar-refractivity contribution in [3.8, 4) is 0 Å². The molecular formula is C17H22ClN5O3. The first-order valence-electron chi connectivity index (χ1n) is 8.46. The molecule has 0 saturated carbocycles. The minimum Gasteiger partial charge on any atom is -0.472 e. The van der Waals surface area contributed by atoms with Crippen LogP contribution < -0.4 is 0 Å². The van der Waals surface area contributed by atoms with E-state index in [4.69, 9.17) is 4.42 Å². The molecule has 26 heavy (non-hydrogen) atoms. The molecule has 0 unspecified atom stereocenters. The Hall–Kier alpha value is -2.35. The Labute approximate surface area is 157 Å². The van der Waals surface area contributed by atoms with Crippen LogP contribution in [-0.2, 0) is 10.2 Å². The van der Waals surface area contributed by atoms with Crippen molar-refractivity contribution in [3.63, 3.8) is 0 Å². The quantitative estimate of drug-likeness (QED) is 0.850.